The van der Waals surface area contributed by atoms with Gasteiger partial charge in [0.05, 0.1) is 14.5 Å². The fourth-order valence-corrected chi connectivity index (χ4v) is 6.23. The number of carbonyl (C=O) groups is 2. The van der Waals surface area contributed by atoms with Crippen LogP contribution in [-0.4, -0.2) is 35.4 Å². The Morgan fingerprint density at radius 3 is 2.39 bits per heavy atom. The SMILES string of the molecule is O=C(NC1CCCC1)[C@H](Cc1ccccc1)N(Cc1ccc(Cl)c(Cl)c1)C(=O)COc1ccc2ccccc2c1Br. The normalized spacial score (nSPS) is 14.1. The Morgan fingerprint density at radius 1 is 0.902 bits per heavy atom. The summed E-state index contributed by atoms with van der Waals surface area (Å²) in [6.07, 6.45) is 4.45. The van der Waals surface area contributed by atoms with Crippen LogP contribution in [0.4, 0.5) is 0 Å². The molecule has 0 spiro atoms. The summed E-state index contributed by atoms with van der Waals surface area (Å²) in [7, 11) is 0. The molecule has 1 N–H and O–H groups in total. The topological polar surface area (TPSA) is 58.6 Å². The Morgan fingerprint density at radius 2 is 1.63 bits per heavy atom. The smallest absolute Gasteiger partial charge is 0.261 e. The third-order valence-electron chi connectivity index (χ3n) is 7.49. The van der Waals surface area contributed by atoms with Crippen molar-refractivity contribution in [3.8, 4) is 5.75 Å². The molecule has 0 heterocycles. The van der Waals surface area contributed by atoms with Gasteiger partial charge >= 0.3 is 0 Å². The fraction of sp³-hybridized carbons (Fsp3) is 0.273. The van der Waals surface area contributed by atoms with Crippen molar-refractivity contribution in [2.75, 3.05) is 6.61 Å². The Kier molecular flexibility index (Phi) is 9.86. The van der Waals surface area contributed by atoms with Crippen molar-refractivity contribution in [2.24, 2.45) is 0 Å². The first-order valence-corrected chi connectivity index (χ1v) is 15.3. The van der Waals surface area contributed by atoms with Crippen LogP contribution in [-0.2, 0) is 22.6 Å². The lowest BCUT2D eigenvalue weighted by atomic mass is 10.0. The van der Waals surface area contributed by atoms with Gasteiger partial charge in [0.2, 0.25) is 5.91 Å². The molecule has 0 unspecified atom stereocenters. The molecule has 0 radical (unpaired) electrons. The van der Waals surface area contributed by atoms with E-state index >= 15 is 0 Å². The van der Waals surface area contributed by atoms with Gasteiger partial charge in [-0.15, -0.1) is 0 Å². The summed E-state index contributed by atoms with van der Waals surface area (Å²) in [5, 5.41) is 6.09. The molecule has 4 aromatic rings. The molecule has 2 amide bonds. The van der Waals surface area contributed by atoms with Gasteiger partial charge in [0.25, 0.3) is 5.91 Å². The second kappa shape index (κ2) is 13.7. The molecular weight excluding hydrogens is 623 g/mol. The van der Waals surface area contributed by atoms with Crippen molar-refractivity contribution in [1.82, 2.24) is 10.2 Å². The molecule has 1 aliphatic rings. The van der Waals surface area contributed by atoms with Crippen LogP contribution in [0.2, 0.25) is 10.0 Å². The van der Waals surface area contributed by atoms with Crippen LogP contribution in [0.15, 0.2) is 89.4 Å². The van der Waals surface area contributed by atoms with E-state index in [1.54, 1.807) is 17.0 Å². The van der Waals surface area contributed by atoms with Gasteiger partial charge in [-0.3, -0.25) is 9.59 Å². The average molecular weight is 654 g/mol. The van der Waals surface area contributed by atoms with Gasteiger partial charge in [-0.25, -0.2) is 0 Å². The van der Waals surface area contributed by atoms with Crippen molar-refractivity contribution in [3.63, 3.8) is 0 Å². The molecule has 8 heteroatoms. The van der Waals surface area contributed by atoms with Crippen molar-refractivity contribution >= 4 is 61.7 Å². The van der Waals surface area contributed by atoms with Gasteiger partial charge in [-0.1, -0.05) is 103 Å². The summed E-state index contributed by atoms with van der Waals surface area (Å²) >= 11 is 16.1. The van der Waals surface area contributed by atoms with Gasteiger partial charge in [0.1, 0.15) is 11.8 Å². The summed E-state index contributed by atoms with van der Waals surface area (Å²) < 4.78 is 6.84. The Hall–Kier alpha value is -3.06. The number of nitrogens with one attached hydrogen (secondary N) is 1. The lowest BCUT2D eigenvalue weighted by Crippen LogP contribution is -2.53. The molecule has 5 rings (SSSR count). The zero-order valence-corrected chi connectivity index (χ0v) is 25.6. The Bertz CT molecular complexity index is 1530. The van der Waals surface area contributed by atoms with Gasteiger partial charge in [-0.05, 0) is 68.9 Å². The fourth-order valence-electron chi connectivity index (χ4n) is 5.30. The van der Waals surface area contributed by atoms with Crippen molar-refractivity contribution in [3.05, 3.63) is 111 Å². The molecule has 212 valence electrons. The lowest BCUT2D eigenvalue weighted by molar-refractivity contribution is -0.143. The highest BCUT2D eigenvalue weighted by Gasteiger charge is 2.32. The van der Waals surface area contributed by atoms with Crippen molar-refractivity contribution in [2.45, 2.75) is 50.7 Å². The predicted molar refractivity (Wildman–Crippen MR) is 168 cm³/mol. The van der Waals surface area contributed by atoms with E-state index in [0.29, 0.717) is 22.2 Å². The molecule has 1 atom stereocenters. The summed E-state index contributed by atoms with van der Waals surface area (Å²) in [5.74, 6) is 0.0845. The quantitative estimate of drug-likeness (QED) is 0.189. The first-order chi connectivity index (χ1) is 19.9. The number of halogens is 3. The largest absolute Gasteiger partial charge is 0.483 e. The number of nitrogens with zero attached hydrogens (tertiary/aromatic N) is 1. The maximum Gasteiger partial charge on any atom is 0.261 e. The minimum absolute atomic E-state index is 0.118. The number of benzene rings is 4. The Balaban J connectivity index is 1.44. The minimum atomic E-state index is -0.747. The highest BCUT2D eigenvalue weighted by molar-refractivity contribution is 9.10. The number of fused-ring (bicyclic) bond motifs is 1. The van der Waals surface area contributed by atoms with E-state index in [2.05, 4.69) is 21.2 Å². The van der Waals surface area contributed by atoms with Crippen LogP contribution in [0.3, 0.4) is 0 Å². The molecule has 1 saturated carbocycles. The summed E-state index contributed by atoms with van der Waals surface area (Å²) in [6.45, 7) is -0.0617. The molecule has 4 aromatic carbocycles. The summed E-state index contributed by atoms with van der Waals surface area (Å²) in [4.78, 5) is 29.4. The second-order valence-electron chi connectivity index (χ2n) is 10.4. The zero-order chi connectivity index (χ0) is 28.8. The molecule has 1 aliphatic carbocycles. The zero-order valence-electron chi connectivity index (χ0n) is 22.5. The van der Waals surface area contributed by atoms with E-state index in [1.165, 1.54) is 0 Å². The summed E-state index contributed by atoms with van der Waals surface area (Å²) in [5.41, 5.74) is 1.73. The van der Waals surface area contributed by atoms with Crippen molar-refractivity contribution < 1.29 is 14.3 Å². The first kappa shape index (κ1) is 29.4. The molecule has 5 nitrogen and oxygen atoms in total. The number of hydrogen-bond donors (Lipinski definition) is 1. The molecule has 0 bridgehead atoms. The van der Waals surface area contributed by atoms with E-state index in [-0.39, 0.29) is 31.0 Å². The first-order valence-electron chi connectivity index (χ1n) is 13.8. The van der Waals surface area contributed by atoms with E-state index < -0.39 is 6.04 Å². The van der Waals surface area contributed by atoms with Crippen molar-refractivity contribution in [1.29, 1.82) is 0 Å². The molecule has 0 saturated heterocycles. The molecular formula is C33H31BrCl2N2O3. The van der Waals surface area contributed by atoms with Crippen LogP contribution < -0.4 is 10.1 Å². The third-order valence-corrected chi connectivity index (χ3v) is 9.05. The monoisotopic (exact) mass is 652 g/mol. The van der Waals surface area contributed by atoms with Crippen LogP contribution in [0.1, 0.15) is 36.8 Å². The average Bonchev–Trinajstić information content (AvgIpc) is 3.50. The highest BCUT2D eigenvalue weighted by Crippen LogP contribution is 2.33. The van der Waals surface area contributed by atoms with E-state index in [9.17, 15) is 9.59 Å². The Labute approximate surface area is 258 Å². The van der Waals surface area contributed by atoms with Gasteiger partial charge in [0.15, 0.2) is 6.61 Å². The molecule has 41 heavy (non-hydrogen) atoms. The number of rotatable bonds is 10. The number of hydrogen-bond acceptors (Lipinski definition) is 3. The van der Waals surface area contributed by atoms with E-state index in [0.717, 1.165) is 52.1 Å². The predicted octanol–water partition coefficient (Wildman–Crippen LogP) is 7.99. The standard InChI is InChI=1S/C33H31BrCl2N2O3/c34-32-26-13-7-4-10-24(26)15-17-30(32)41-21-31(39)38(20-23-14-16-27(35)28(36)18-23)29(19-22-8-2-1-3-9-22)33(40)37-25-11-5-6-12-25/h1-4,7-10,13-18,25,29H,5-6,11-12,19-21H2,(H,37,40)/t29-/m0/s1. The van der Waals surface area contributed by atoms with Crippen LogP contribution in [0, 0.1) is 0 Å². The van der Waals surface area contributed by atoms with Gasteiger partial charge in [-0.2, -0.15) is 0 Å². The molecule has 1 fully saturated rings. The van der Waals surface area contributed by atoms with Crippen LogP contribution in [0.5, 0.6) is 5.75 Å². The van der Waals surface area contributed by atoms with Gasteiger partial charge in [0, 0.05) is 19.0 Å². The second-order valence-corrected chi connectivity index (χ2v) is 12.0. The third kappa shape index (κ3) is 7.42. The number of amides is 2. The van der Waals surface area contributed by atoms with E-state index in [4.69, 9.17) is 27.9 Å². The number of ether oxygens (including phenoxy) is 1. The highest BCUT2D eigenvalue weighted by atomic mass is 79.9. The minimum Gasteiger partial charge on any atom is -0.483 e. The van der Waals surface area contributed by atoms with Crippen LogP contribution in [0.25, 0.3) is 10.8 Å². The van der Waals surface area contributed by atoms with E-state index in [1.807, 2.05) is 72.8 Å². The van der Waals surface area contributed by atoms with Crippen LogP contribution >= 0.6 is 39.1 Å². The van der Waals surface area contributed by atoms with Gasteiger partial charge < -0.3 is 15.0 Å². The maximum atomic E-state index is 14.0. The molecule has 0 aromatic heterocycles. The number of carbonyl (C=O) groups excluding carboxylic acids is 2. The summed E-state index contributed by atoms with van der Waals surface area (Å²) in [6, 6.07) is 26.1. The maximum absolute atomic E-state index is 14.0. The lowest BCUT2D eigenvalue weighted by Gasteiger charge is -2.32. The molecule has 0 aliphatic heterocycles.